The van der Waals surface area contributed by atoms with Gasteiger partial charge in [-0.3, -0.25) is 9.59 Å². The van der Waals surface area contributed by atoms with Crippen LogP contribution in [0.5, 0.6) is 5.88 Å². The summed E-state index contributed by atoms with van der Waals surface area (Å²) < 4.78 is 17.2. The van der Waals surface area contributed by atoms with E-state index in [4.69, 9.17) is 14.2 Å². The molecular weight excluding hydrogens is 352 g/mol. The number of carbonyl (C=O) groups is 2. The third kappa shape index (κ3) is 4.60. The summed E-state index contributed by atoms with van der Waals surface area (Å²) in [6.07, 6.45) is 4.66. The molecule has 0 aliphatic rings. The van der Waals surface area contributed by atoms with Crippen molar-refractivity contribution in [3.05, 3.63) is 25.3 Å². The van der Waals surface area contributed by atoms with Crippen LogP contribution in [0.15, 0.2) is 25.3 Å². The lowest BCUT2D eigenvalue weighted by atomic mass is 9.99. The second kappa shape index (κ2) is 9.65. The number of hydrogen-bond donors (Lipinski definition) is 0. The summed E-state index contributed by atoms with van der Waals surface area (Å²) in [6.45, 7) is 9.82. The van der Waals surface area contributed by atoms with Gasteiger partial charge >= 0.3 is 11.9 Å². The number of ether oxygens (including phenoxy) is 3. The van der Waals surface area contributed by atoms with Crippen molar-refractivity contribution in [2.45, 2.75) is 33.2 Å². The third-order valence-corrected chi connectivity index (χ3v) is 3.86. The van der Waals surface area contributed by atoms with Crippen LogP contribution in [0, 0.1) is 5.92 Å². The van der Waals surface area contributed by atoms with Gasteiger partial charge in [0.15, 0.2) is 17.1 Å². The maximum atomic E-state index is 12.3. The smallest absolute Gasteiger partial charge is 0.320 e. The molecule has 9 heteroatoms. The van der Waals surface area contributed by atoms with E-state index in [0.717, 1.165) is 0 Å². The topological polar surface area (TPSA) is 105 Å². The summed E-state index contributed by atoms with van der Waals surface area (Å²) >= 11 is 0. The van der Waals surface area contributed by atoms with Crippen LogP contribution in [-0.4, -0.2) is 51.3 Å². The molecule has 2 heterocycles. The summed E-state index contributed by atoms with van der Waals surface area (Å²) in [7, 11) is 0. The molecule has 0 fully saturated rings. The molecule has 0 N–H and O–H groups in total. The number of esters is 2. The van der Waals surface area contributed by atoms with Gasteiger partial charge in [0, 0.05) is 0 Å². The lowest BCUT2D eigenvalue weighted by molar-refractivity contribution is -0.162. The van der Waals surface area contributed by atoms with Crippen LogP contribution in [0.4, 0.5) is 0 Å². The SMILES string of the molecule is C=CC(CC(C(=O)OCC)C(=O)OCC)n1cnc2c(OCC)ncnc21. The van der Waals surface area contributed by atoms with E-state index in [1.165, 1.54) is 6.33 Å². The molecule has 0 saturated heterocycles. The van der Waals surface area contributed by atoms with Crippen LogP contribution in [0.2, 0.25) is 0 Å². The van der Waals surface area contributed by atoms with Gasteiger partial charge in [-0.2, -0.15) is 4.98 Å². The molecule has 0 bridgehead atoms. The first kappa shape index (κ1) is 20.3. The Bertz CT molecular complexity index is 786. The summed E-state index contributed by atoms with van der Waals surface area (Å²) in [5.41, 5.74) is 1.01. The first-order valence-corrected chi connectivity index (χ1v) is 8.83. The highest BCUT2D eigenvalue weighted by Crippen LogP contribution is 2.27. The monoisotopic (exact) mass is 376 g/mol. The number of rotatable bonds is 10. The lowest BCUT2D eigenvalue weighted by Gasteiger charge is -2.20. The minimum absolute atomic E-state index is 0.112. The fourth-order valence-corrected chi connectivity index (χ4v) is 2.65. The summed E-state index contributed by atoms with van der Waals surface area (Å²) in [4.78, 5) is 37.1. The molecule has 0 amide bonds. The maximum absolute atomic E-state index is 12.3. The average molecular weight is 376 g/mol. The second-order valence-corrected chi connectivity index (χ2v) is 5.53. The number of imidazole rings is 1. The van der Waals surface area contributed by atoms with E-state index in [9.17, 15) is 9.59 Å². The molecule has 0 aromatic carbocycles. The maximum Gasteiger partial charge on any atom is 0.320 e. The first-order valence-electron chi connectivity index (χ1n) is 8.83. The Kier molecular flexibility index (Phi) is 7.27. The van der Waals surface area contributed by atoms with Crippen LogP contribution < -0.4 is 4.74 Å². The van der Waals surface area contributed by atoms with Crippen LogP contribution >= 0.6 is 0 Å². The fraction of sp³-hybridized carbons (Fsp3) is 0.500. The van der Waals surface area contributed by atoms with E-state index < -0.39 is 23.9 Å². The van der Waals surface area contributed by atoms with Crippen molar-refractivity contribution in [3.8, 4) is 5.88 Å². The van der Waals surface area contributed by atoms with Gasteiger partial charge in [0.1, 0.15) is 6.33 Å². The van der Waals surface area contributed by atoms with Crippen LogP contribution in [0.1, 0.15) is 33.2 Å². The zero-order valence-corrected chi connectivity index (χ0v) is 15.8. The van der Waals surface area contributed by atoms with Gasteiger partial charge in [0.25, 0.3) is 0 Å². The van der Waals surface area contributed by atoms with Gasteiger partial charge in [0.05, 0.1) is 32.2 Å². The zero-order valence-electron chi connectivity index (χ0n) is 15.8. The number of allylic oxidation sites excluding steroid dienone is 1. The Hall–Kier alpha value is -2.97. The highest BCUT2D eigenvalue weighted by Gasteiger charge is 2.32. The molecule has 0 saturated carbocycles. The molecule has 0 aliphatic heterocycles. The zero-order chi connectivity index (χ0) is 19.8. The van der Waals surface area contributed by atoms with Gasteiger partial charge in [-0.05, 0) is 27.2 Å². The largest absolute Gasteiger partial charge is 0.476 e. The summed E-state index contributed by atoms with van der Waals surface area (Å²) in [6, 6.07) is -0.432. The Morgan fingerprint density at radius 1 is 1.11 bits per heavy atom. The van der Waals surface area contributed by atoms with Gasteiger partial charge in [0.2, 0.25) is 5.88 Å². The predicted octanol–water partition coefficient (Wildman–Crippen LogP) is 2.08. The quantitative estimate of drug-likeness (QED) is 0.352. The summed E-state index contributed by atoms with van der Waals surface area (Å²) in [5, 5.41) is 0. The van der Waals surface area contributed by atoms with Gasteiger partial charge in [-0.15, -0.1) is 6.58 Å². The number of carbonyl (C=O) groups excluding carboxylic acids is 2. The average Bonchev–Trinajstić information content (AvgIpc) is 3.08. The van der Waals surface area contributed by atoms with Gasteiger partial charge in [-0.25, -0.2) is 9.97 Å². The highest BCUT2D eigenvalue weighted by molar-refractivity contribution is 5.95. The Balaban J connectivity index is 2.35. The molecule has 2 aromatic rings. The molecule has 2 rings (SSSR count). The predicted molar refractivity (Wildman–Crippen MR) is 97.1 cm³/mol. The van der Waals surface area contributed by atoms with Crippen LogP contribution in [0.3, 0.4) is 0 Å². The fourth-order valence-electron chi connectivity index (χ4n) is 2.65. The molecule has 9 nitrogen and oxygen atoms in total. The van der Waals surface area contributed by atoms with Crippen molar-refractivity contribution in [2.75, 3.05) is 19.8 Å². The van der Waals surface area contributed by atoms with Crippen molar-refractivity contribution in [1.82, 2.24) is 19.5 Å². The van der Waals surface area contributed by atoms with E-state index >= 15 is 0 Å². The van der Waals surface area contributed by atoms with Crippen molar-refractivity contribution in [2.24, 2.45) is 5.92 Å². The van der Waals surface area contributed by atoms with Crippen LogP contribution in [-0.2, 0) is 19.1 Å². The Morgan fingerprint density at radius 2 is 1.78 bits per heavy atom. The molecule has 1 atom stereocenters. The number of fused-ring (bicyclic) bond motifs is 1. The molecule has 2 aromatic heterocycles. The van der Waals surface area contributed by atoms with E-state index in [1.807, 2.05) is 6.92 Å². The Labute approximate surface area is 157 Å². The first-order chi connectivity index (χ1) is 13.1. The minimum atomic E-state index is -1.07. The molecular formula is C18H24N4O5. The minimum Gasteiger partial charge on any atom is -0.476 e. The Morgan fingerprint density at radius 3 is 2.33 bits per heavy atom. The summed E-state index contributed by atoms with van der Waals surface area (Å²) in [5.74, 6) is -1.95. The van der Waals surface area contributed by atoms with Crippen molar-refractivity contribution in [1.29, 1.82) is 0 Å². The molecule has 0 spiro atoms. The third-order valence-electron chi connectivity index (χ3n) is 3.86. The van der Waals surface area contributed by atoms with E-state index in [0.29, 0.717) is 23.7 Å². The second-order valence-electron chi connectivity index (χ2n) is 5.53. The van der Waals surface area contributed by atoms with Crippen LogP contribution in [0.25, 0.3) is 11.2 Å². The van der Waals surface area contributed by atoms with E-state index in [-0.39, 0.29) is 19.6 Å². The molecule has 0 radical (unpaired) electrons. The highest BCUT2D eigenvalue weighted by atomic mass is 16.6. The van der Waals surface area contributed by atoms with Crippen molar-refractivity contribution < 1.29 is 23.8 Å². The number of aromatic nitrogens is 4. The van der Waals surface area contributed by atoms with Gasteiger partial charge < -0.3 is 18.8 Å². The van der Waals surface area contributed by atoms with Crippen molar-refractivity contribution in [3.63, 3.8) is 0 Å². The van der Waals surface area contributed by atoms with E-state index in [1.54, 1.807) is 30.8 Å². The molecule has 1 unspecified atom stereocenters. The van der Waals surface area contributed by atoms with Crippen molar-refractivity contribution >= 4 is 23.1 Å². The molecule has 0 aliphatic carbocycles. The standard InChI is InChI=1S/C18H24N4O5/c1-5-12(9-13(17(23)26-7-3)18(24)27-8-4)22-11-21-14-15(22)19-10-20-16(14)25-6-2/h5,10-13H,1,6-9H2,2-4H3. The molecule has 27 heavy (non-hydrogen) atoms. The van der Waals surface area contributed by atoms with Gasteiger partial charge in [-0.1, -0.05) is 6.08 Å². The van der Waals surface area contributed by atoms with E-state index in [2.05, 4.69) is 21.5 Å². The normalized spacial score (nSPS) is 12.0. The number of nitrogens with zero attached hydrogens (tertiary/aromatic N) is 4. The number of hydrogen-bond acceptors (Lipinski definition) is 8. The lowest BCUT2D eigenvalue weighted by Crippen LogP contribution is -2.30. The molecule has 146 valence electrons.